The molecule has 0 radical (unpaired) electrons. The molecule has 0 spiro atoms. The van der Waals surface area contributed by atoms with Crippen molar-refractivity contribution >= 4 is 17.0 Å². The Balaban J connectivity index is 2.28. The normalized spacial score (nSPS) is 10.7. The van der Waals surface area contributed by atoms with Crippen molar-refractivity contribution in [3.63, 3.8) is 0 Å². The molecule has 0 fully saturated rings. The number of methoxy groups -OCH3 is 1. The minimum atomic E-state index is -0.704. The molecule has 0 bridgehead atoms. The number of carbonyl (C=O) groups excluding carboxylic acids is 1. The molecule has 100 valence electrons. The van der Waals surface area contributed by atoms with E-state index in [9.17, 15) is 9.59 Å². The molecular formula is C13H10N4O3. The standard InChI is InChI=1S/C13H10N4O3/c1-20-13(19)10-15-11-9(12(18)16-10)7-14-17(11)8-5-3-2-4-6-8/h2-7H,1H3,(H,15,16,18). The summed E-state index contributed by atoms with van der Waals surface area (Å²) in [5, 5.41) is 4.44. The Morgan fingerprint density at radius 2 is 2.05 bits per heavy atom. The topological polar surface area (TPSA) is 89.9 Å². The number of nitrogens with one attached hydrogen (secondary N) is 1. The Morgan fingerprint density at radius 1 is 1.30 bits per heavy atom. The SMILES string of the molecule is COC(=O)c1nc2c(cnn2-c2ccccc2)c(=O)[nH]1. The molecule has 0 aliphatic carbocycles. The van der Waals surface area contributed by atoms with Crippen LogP contribution in [0.2, 0.25) is 0 Å². The van der Waals surface area contributed by atoms with Crippen LogP contribution in [0.4, 0.5) is 0 Å². The lowest BCUT2D eigenvalue weighted by molar-refractivity contribution is 0.0587. The summed E-state index contributed by atoms with van der Waals surface area (Å²) < 4.78 is 6.06. The Morgan fingerprint density at radius 3 is 2.75 bits per heavy atom. The molecular weight excluding hydrogens is 260 g/mol. The van der Waals surface area contributed by atoms with Crippen LogP contribution in [0.1, 0.15) is 10.6 Å². The molecule has 3 aromatic rings. The summed E-state index contributed by atoms with van der Waals surface area (Å²) in [4.78, 5) is 29.9. The Kier molecular flexibility index (Phi) is 2.79. The van der Waals surface area contributed by atoms with E-state index in [1.54, 1.807) is 0 Å². The second kappa shape index (κ2) is 4.61. The third-order valence-electron chi connectivity index (χ3n) is 2.82. The molecule has 0 amide bonds. The van der Waals surface area contributed by atoms with Gasteiger partial charge in [0, 0.05) is 0 Å². The highest BCUT2D eigenvalue weighted by Crippen LogP contribution is 2.13. The smallest absolute Gasteiger partial charge is 0.374 e. The number of H-pyrrole nitrogens is 1. The number of aromatic nitrogens is 4. The maximum atomic E-state index is 11.9. The Hall–Kier alpha value is -2.96. The lowest BCUT2D eigenvalue weighted by Crippen LogP contribution is -2.17. The number of esters is 1. The van der Waals surface area contributed by atoms with Crippen LogP contribution in [0.5, 0.6) is 0 Å². The van der Waals surface area contributed by atoms with Gasteiger partial charge in [0.05, 0.1) is 19.0 Å². The van der Waals surface area contributed by atoms with E-state index < -0.39 is 11.5 Å². The predicted molar refractivity (Wildman–Crippen MR) is 70.8 cm³/mol. The first-order valence-electron chi connectivity index (χ1n) is 5.82. The predicted octanol–water partition coefficient (Wildman–Crippen LogP) is 0.895. The van der Waals surface area contributed by atoms with E-state index >= 15 is 0 Å². The van der Waals surface area contributed by atoms with Crippen LogP contribution in [-0.4, -0.2) is 32.8 Å². The number of carbonyl (C=O) groups is 1. The van der Waals surface area contributed by atoms with Gasteiger partial charge in [-0.3, -0.25) is 4.79 Å². The zero-order valence-electron chi connectivity index (χ0n) is 10.5. The summed E-state index contributed by atoms with van der Waals surface area (Å²) in [6.07, 6.45) is 1.41. The molecule has 3 rings (SSSR count). The molecule has 2 heterocycles. The van der Waals surface area contributed by atoms with Crippen molar-refractivity contribution in [2.75, 3.05) is 7.11 Å². The van der Waals surface area contributed by atoms with E-state index in [0.717, 1.165) is 5.69 Å². The summed E-state index contributed by atoms with van der Waals surface area (Å²) in [5.74, 6) is -0.854. The molecule has 7 nitrogen and oxygen atoms in total. The van der Waals surface area contributed by atoms with Crippen molar-refractivity contribution in [3.8, 4) is 5.69 Å². The van der Waals surface area contributed by atoms with Crippen LogP contribution in [0.3, 0.4) is 0 Å². The summed E-state index contributed by atoms with van der Waals surface area (Å²) in [6, 6.07) is 9.21. The van der Waals surface area contributed by atoms with E-state index in [1.165, 1.54) is 18.0 Å². The molecule has 2 aromatic heterocycles. The van der Waals surface area contributed by atoms with Crippen molar-refractivity contribution in [2.24, 2.45) is 0 Å². The van der Waals surface area contributed by atoms with Gasteiger partial charge in [0.15, 0.2) is 5.65 Å². The quantitative estimate of drug-likeness (QED) is 0.698. The average Bonchev–Trinajstić information content (AvgIpc) is 2.91. The van der Waals surface area contributed by atoms with E-state index in [4.69, 9.17) is 0 Å². The number of para-hydroxylation sites is 1. The minimum Gasteiger partial charge on any atom is -0.463 e. The zero-order chi connectivity index (χ0) is 14.1. The summed E-state index contributed by atoms with van der Waals surface area (Å²) in [6.45, 7) is 0. The van der Waals surface area contributed by atoms with Crippen LogP contribution in [0, 0.1) is 0 Å². The second-order valence-electron chi connectivity index (χ2n) is 4.04. The largest absolute Gasteiger partial charge is 0.463 e. The summed E-state index contributed by atoms with van der Waals surface area (Å²) in [7, 11) is 1.22. The van der Waals surface area contributed by atoms with Crippen LogP contribution in [0.15, 0.2) is 41.3 Å². The van der Waals surface area contributed by atoms with Crippen molar-refractivity contribution in [2.45, 2.75) is 0 Å². The zero-order valence-corrected chi connectivity index (χ0v) is 10.5. The number of ether oxygens (including phenoxy) is 1. The fourth-order valence-corrected chi connectivity index (χ4v) is 1.87. The maximum Gasteiger partial charge on any atom is 0.374 e. The average molecular weight is 270 g/mol. The van der Waals surface area contributed by atoms with Crippen molar-refractivity contribution < 1.29 is 9.53 Å². The number of nitrogens with zero attached hydrogens (tertiary/aromatic N) is 3. The lowest BCUT2D eigenvalue weighted by Gasteiger charge is -2.03. The van der Waals surface area contributed by atoms with Gasteiger partial charge >= 0.3 is 5.97 Å². The summed E-state index contributed by atoms with van der Waals surface area (Å²) >= 11 is 0. The van der Waals surface area contributed by atoms with Crippen LogP contribution in [-0.2, 0) is 4.74 Å². The van der Waals surface area contributed by atoms with Gasteiger partial charge < -0.3 is 9.72 Å². The third-order valence-corrected chi connectivity index (χ3v) is 2.82. The van der Waals surface area contributed by atoms with E-state index in [0.29, 0.717) is 11.0 Å². The first-order valence-corrected chi connectivity index (χ1v) is 5.82. The van der Waals surface area contributed by atoms with Gasteiger partial charge in [0.25, 0.3) is 5.56 Å². The van der Waals surface area contributed by atoms with Gasteiger partial charge in [0.1, 0.15) is 5.39 Å². The number of benzene rings is 1. The molecule has 20 heavy (non-hydrogen) atoms. The fraction of sp³-hybridized carbons (Fsp3) is 0.0769. The van der Waals surface area contributed by atoms with E-state index in [-0.39, 0.29) is 5.82 Å². The number of hydrogen-bond acceptors (Lipinski definition) is 5. The first kappa shape index (κ1) is 12.1. The number of fused-ring (bicyclic) bond motifs is 1. The van der Waals surface area contributed by atoms with Crippen LogP contribution in [0.25, 0.3) is 16.7 Å². The lowest BCUT2D eigenvalue weighted by atomic mass is 10.3. The van der Waals surface area contributed by atoms with Crippen molar-refractivity contribution in [1.82, 2.24) is 19.7 Å². The van der Waals surface area contributed by atoms with Crippen LogP contribution < -0.4 is 5.56 Å². The number of hydrogen-bond donors (Lipinski definition) is 1. The monoisotopic (exact) mass is 270 g/mol. The molecule has 0 aliphatic heterocycles. The highest BCUT2D eigenvalue weighted by molar-refractivity contribution is 5.87. The number of aromatic amines is 1. The molecule has 0 saturated heterocycles. The maximum absolute atomic E-state index is 11.9. The molecule has 7 heteroatoms. The summed E-state index contributed by atoms with van der Waals surface area (Å²) in [5.41, 5.74) is 0.620. The molecule has 1 aromatic carbocycles. The Labute approximate surface area is 112 Å². The van der Waals surface area contributed by atoms with E-state index in [2.05, 4.69) is 19.8 Å². The molecule has 0 saturated carbocycles. The minimum absolute atomic E-state index is 0.150. The van der Waals surface area contributed by atoms with Gasteiger partial charge in [-0.25, -0.2) is 14.5 Å². The van der Waals surface area contributed by atoms with Gasteiger partial charge in [-0.15, -0.1) is 0 Å². The molecule has 1 N–H and O–H groups in total. The molecule has 0 aliphatic rings. The Bertz CT molecular complexity index is 836. The van der Waals surface area contributed by atoms with Crippen molar-refractivity contribution in [1.29, 1.82) is 0 Å². The third kappa shape index (κ3) is 1.85. The van der Waals surface area contributed by atoms with Crippen LogP contribution >= 0.6 is 0 Å². The highest BCUT2D eigenvalue weighted by atomic mass is 16.5. The van der Waals surface area contributed by atoms with Gasteiger partial charge in [0.2, 0.25) is 5.82 Å². The second-order valence-corrected chi connectivity index (χ2v) is 4.04. The first-order chi connectivity index (χ1) is 9.70. The fourth-order valence-electron chi connectivity index (χ4n) is 1.87. The van der Waals surface area contributed by atoms with Crippen molar-refractivity contribution in [3.05, 3.63) is 52.7 Å². The van der Waals surface area contributed by atoms with Gasteiger partial charge in [-0.05, 0) is 12.1 Å². The highest BCUT2D eigenvalue weighted by Gasteiger charge is 2.15. The molecule has 0 unspecified atom stereocenters. The number of rotatable bonds is 2. The van der Waals surface area contributed by atoms with Gasteiger partial charge in [-0.2, -0.15) is 5.10 Å². The molecule has 0 atom stereocenters. The van der Waals surface area contributed by atoms with Gasteiger partial charge in [-0.1, -0.05) is 18.2 Å². The van der Waals surface area contributed by atoms with E-state index in [1.807, 2.05) is 30.3 Å².